The summed E-state index contributed by atoms with van der Waals surface area (Å²) in [5, 5.41) is 8.57. The number of aliphatic hydroxyl groups is 1. The molecule has 15 heavy (non-hydrogen) atoms. The van der Waals surface area contributed by atoms with Crippen LogP contribution in [0.1, 0.15) is 0 Å². The largest absolute Gasteiger partial charge is 0.395 e. The molecule has 0 heterocycles. The smallest absolute Gasteiger partial charge is 0.235 e. The minimum atomic E-state index is -3.68. The van der Waals surface area contributed by atoms with Crippen LogP contribution in [-0.2, 0) is 10.0 Å². The Hall–Kier alpha value is -0.850. The maximum atomic E-state index is 12.8. The van der Waals surface area contributed by atoms with Crippen molar-refractivity contribution in [3.05, 3.63) is 29.0 Å². The molecule has 1 aromatic carbocycles. The Bertz CT molecular complexity index is 449. The normalized spacial score (nSPS) is 11.4. The fourth-order valence-electron chi connectivity index (χ4n) is 0.914. The SMILES string of the molecule is O=S(=O)(CCO)Nc1cc(F)ccc1Cl. The van der Waals surface area contributed by atoms with E-state index in [9.17, 15) is 12.8 Å². The molecule has 0 amide bonds. The first-order valence-corrected chi connectivity index (χ1v) is 6.04. The molecule has 0 atom stereocenters. The van der Waals surface area contributed by atoms with Crippen LogP contribution in [0.2, 0.25) is 5.02 Å². The molecule has 0 spiro atoms. The molecular weight excluding hydrogens is 245 g/mol. The van der Waals surface area contributed by atoms with E-state index in [0.717, 1.165) is 12.1 Å². The zero-order chi connectivity index (χ0) is 11.5. The second-order valence-corrected chi connectivity index (χ2v) is 5.02. The average Bonchev–Trinajstić information content (AvgIpc) is 2.10. The summed E-state index contributed by atoms with van der Waals surface area (Å²) in [6.45, 7) is -0.512. The summed E-state index contributed by atoms with van der Waals surface area (Å²) in [6.07, 6.45) is 0. The van der Waals surface area contributed by atoms with E-state index in [1.807, 2.05) is 0 Å². The molecule has 0 aliphatic heterocycles. The van der Waals surface area contributed by atoms with Crippen LogP contribution in [-0.4, -0.2) is 25.9 Å². The quantitative estimate of drug-likeness (QED) is 0.848. The van der Waals surface area contributed by atoms with Gasteiger partial charge in [0.1, 0.15) is 5.82 Å². The summed E-state index contributed by atoms with van der Waals surface area (Å²) in [6, 6.07) is 3.33. The zero-order valence-electron chi connectivity index (χ0n) is 7.57. The fraction of sp³-hybridized carbons (Fsp3) is 0.250. The van der Waals surface area contributed by atoms with E-state index in [2.05, 4.69) is 4.72 Å². The van der Waals surface area contributed by atoms with Crippen molar-refractivity contribution in [1.82, 2.24) is 0 Å². The van der Waals surface area contributed by atoms with E-state index in [1.54, 1.807) is 0 Å². The van der Waals surface area contributed by atoms with Gasteiger partial charge in [-0.25, -0.2) is 12.8 Å². The Kier molecular flexibility index (Phi) is 3.90. The van der Waals surface area contributed by atoms with Crippen LogP contribution in [0, 0.1) is 5.82 Å². The molecular formula is C8H9ClFNO3S. The molecule has 0 radical (unpaired) electrons. The molecule has 84 valence electrons. The second kappa shape index (κ2) is 4.78. The van der Waals surface area contributed by atoms with Gasteiger partial charge in [0.05, 0.1) is 23.1 Å². The van der Waals surface area contributed by atoms with Gasteiger partial charge in [0, 0.05) is 0 Å². The van der Waals surface area contributed by atoms with Gasteiger partial charge in [-0.05, 0) is 18.2 Å². The van der Waals surface area contributed by atoms with Crippen molar-refractivity contribution in [3.8, 4) is 0 Å². The highest BCUT2D eigenvalue weighted by Crippen LogP contribution is 2.23. The van der Waals surface area contributed by atoms with Crippen molar-refractivity contribution < 1.29 is 17.9 Å². The maximum Gasteiger partial charge on any atom is 0.235 e. The molecule has 4 nitrogen and oxygen atoms in total. The number of benzene rings is 1. The Balaban J connectivity index is 2.94. The van der Waals surface area contributed by atoms with Crippen LogP contribution in [0.25, 0.3) is 0 Å². The number of rotatable bonds is 4. The van der Waals surface area contributed by atoms with Gasteiger partial charge in [-0.2, -0.15) is 0 Å². The van der Waals surface area contributed by atoms with Crippen molar-refractivity contribution in [1.29, 1.82) is 0 Å². The molecule has 7 heteroatoms. The first-order valence-electron chi connectivity index (χ1n) is 4.01. The number of nitrogens with one attached hydrogen (secondary N) is 1. The molecule has 0 bridgehead atoms. The maximum absolute atomic E-state index is 12.8. The standard InChI is InChI=1S/C8H9ClFNO3S/c9-7-2-1-6(10)5-8(7)11-15(13,14)4-3-12/h1-2,5,11-12H,3-4H2. The van der Waals surface area contributed by atoms with Gasteiger partial charge in [0.2, 0.25) is 10.0 Å². The van der Waals surface area contributed by atoms with Crippen molar-refractivity contribution in [2.45, 2.75) is 0 Å². The van der Waals surface area contributed by atoms with Gasteiger partial charge >= 0.3 is 0 Å². The third-order valence-corrected chi connectivity index (χ3v) is 3.13. The van der Waals surface area contributed by atoms with Crippen molar-refractivity contribution >= 4 is 27.3 Å². The number of sulfonamides is 1. The molecule has 0 aliphatic rings. The minimum absolute atomic E-state index is 0.0369. The lowest BCUT2D eigenvalue weighted by Crippen LogP contribution is -2.19. The van der Waals surface area contributed by atoms with Gasteiger partial charge in [-0.15, -0.1) is 0 Å². The van der Waals surface area contributed by atoms with E-state index in [0.29, 0.717) is 0 Å². The van der Waals surface area contributed by atoms with Crippen LogP contribution >= 0.6 is 11.6 Å². The van der Waals surface area contributed by atoms with Crippen LogP contribution in [0.3, 0.4) is 0 Å². The third-order valence-electron chi connectivity index (χ3n) is 1.55. The van der Waals surface area contributed by atoms with Gasteiger partial charge in [-0.1, -0.05) is 11.6 Å². The summed E-state index contributed by atoms with van der Waals surface area (Å²) < 4.78 is 37.3. The van der Waals surface area contributed by atoms with Crippen LogP contribution in [0.4, 0.5) is 10.1 Å². The lowest BCUT2D eigenvalue weighted by atomic mass is 10.3. The second-order valence-electron chi connectivity index (χ2n) is 2.77. The molecule has 0 saturated heterocycles. The van der Waals surface area contributed by atoms with Gasteiger partial charge < -0.3 is 5.11 Å². The highest BCUT2D eigenvalue weighted by atomic mass is 35.5. The Morgan fingerprint density at radius 3 is 2.73 bits per heavy atom. The van der Waals surface area contributed by atoms with Gasteiger partial charge in [0.15, 0.2) is 0 Å². The Morgan fingerprint density at radius 1 is 1.47 bits per heavy atom. The van der Waals surface area contributed by atoms with E-state index >= 15 is 0 Å². The molecule has 1 aromatic rings. The average molecular weight is 254 g/mol. The van der Waals surface area contributed by atoms with Crippen molar-refractivity contribution in [2.75, 3.05) is 17.1 Å². The summed E-state index contributed by atoms with van der Waals surface area (Å²) in [7, 11) is -3.68. The molecule has 0 unspecified atom stereocenters. The van der Waals surface area contributed by atoms with E-state index in [-0.39, 0.29) is 10.7 Å². The summed E-state index contributed by atoms with van der Waals surface area (Å²) >= 11 is 5.65. The molecule has 0 aliphatic carbocycles. The highest BCUT2D eigenvalue weighted by Gasteiger charge is 2.12. The molecule has 0 fully saturated rings. The molecule has 0 aromatic heterocycles. The monoisotopic (exact) mass is 253 g/mol. The lowest BCUT2D eigenvalue weighted by Gasteiger charge is -2.08. The van der Waals surface area contributed by atoms with Gasteiger partial charge in [-0.3, -0.25) is 4.72 Å². The third kappa shape index (κ3) is 3.65. The number of halogens is 2. The molecule has 0 saturated carbocycles. The number of hydrogen-bond donors (Lipinski definition) is 2. The molecule has 1 rings (SSSR count). The van der Waals surface area contributed by atoms with Gasteiger partial charge in [0.25, 0.3) is 0 Å². The number of anilines is 1. The lowest BCUT2D eigenvalue weighted by molar-refractivity contribution is 0.320. The fourth-order valence-corrected chi connectivity index (χ4v) is 1.98. The highest BCUT2D eigenvalue weighted by molar-refractivity contribution is 7.92. The number of aliphatic hydroxyl groups excluding tert-OH is 1. The summed E-state index contributed by atoms with van der Waals surface area (Å²) in [5.41, 5.74) is -0.0369. The van der Waals surface area contributed by atoms with Crippen LogP contribution < -0.4 is 4.72 Å². The first kappa shape index (κ1) is 12.2. The predicted molar refractivity (Wildman–Crippen MR) is 55.9 cm³/mol. The van der Waals surface area contributed by atoms with Crippen LogP contribution in [0.5, 0.6) is 0 Å². The minimum Gasteiger partial charge on any atom is -0.395 e. The first-order chi connectivity index (χ1) is 6.94. The van der Waals surface area contributed by atoms with E-state index in [4.69, 9.17) is 16.7 Å². The van der Waals surface area contributed by atoms with Crippen molar-refractivity contribution in [2.24, 2.45) is 0 Å². The number of hydrogen-bond acceptors (Lipinski definition) is 3. The van der Waals surface area contributed by atoms with E-state index < -0.39 is 28.2 Å². The Morgan fingerprint density at radius 2 is 2.13 bits per heavy atom. The predicted octanol–water partition coefficient (Wildman–Crippen LogP) is 1.21. The molecule has 2 N–H and O–H groups in total. The topological polar surface area (TPSA) is 66.4 Å². The Labute approximate surface area is 91.7 Å². The van der Waals surface area contributed by atoms with Crippen LogP contribution in [0.15, 0.2) is 18.2 Å². The summed E-state index contributed by atoms with van der Waals surface area (Å²) in [5.74, 6) is -1.05. The van der Waals surface area contributed by atoms with E-state index in [1.165, 1.54) is 6.07 Å². The zero-order valence-corrected chi connectivity index (χ0v) is 9.15. The summed E-state index contributed by atoms with van der Waals surface area (Å²) in [4.78, 5) is 0. The van der Waals surface area contributed by atoms with Crippen molar-refractivity contribution in [3.63, 3.8) is 0 Å².